The Morgan fingerprint density at radius 2 is 1.34 bits per heavy atom. The summed E-state index contributed by atoms with van der Waals surface area (Å²) >= 11 is 5.79. The standard InChI is InChI=1S/C27H27ClN2O5/c1-18-6-13-24(16-19(18)2)35-23-14-11-22(12-15-23)29-25(31)4-3-5-27(33)34-17-26(32)30-21-9-7-20(28)8-10-21/h6-16H,3-5,17H2,1-2H3,(H,29,31)(H,30,32). The first-order valence-electron chi connectivity index (χ1n) is 11.1. The lowest BCUT2D eigenvalue weighted by Crippen LogP contribution is -2.21. The van der Waals surface area contributed by atoms with Crippen LogP contribution < -0.4 is 15.4 Å². The minimum atomic E-state index is -0.545. The van der Waals surface area contributed by atoms with Crippen molar-refractivity contribution in [2.45, 2.75) is 33.1 Å². The van der Waals surface area contributed by atoms with Crippen LogP contribution in [0.1, 0.15) is 30.4 Å². The molecule has 2 N–H and O–H groups in total. The molecule has 3 aromatic carbocycles. The summed E-state index contributed by atoms with van der Waals surface area (Å²) in [6.45, 7) is 3.67. The van der Waals surface area contributed by atoms with E-state index >= 15 is 0 Å². The zero-order valence-corrected chi connectivity index (χ0v) is 20.4. The van der Waals surface area contributed by atoms with Gasteiger partial charge in [0.15, 0.2) is 6.61 Å². The Balaban J connectivity index is 1.33. The molecule has 0 aromatic heterocycles. The van der Waals surface area contributed by atoms with Crippen LogP contribution in [0.4, 0.5) is 11.4 Å². The van der Waals surface area contributed by atoms with E-state index < -0.39 is 18.5 Å². The third kappa shape index (κ3) is 8.79. The van der Waals surface area contributed by atoms with Crippen molar-refractivity contribution in [3.63, 3.8) is 0 Å². The van der Waals surface area contributed by atoms with Gasteiger partial charge in [0.05, 0.1) is 0 Å². The molecule has 0 saturated heterocycles. The first kappa shape index (κ1) is 25.8. The predicted octanol–water partition coefficient (Wildman–Crippen LogP) is 6.04. The van der Waals surface area contributed by atoms with E-state index in [0.717, 1.165) is 11.3 Å². The van der Waals surface area contributed by atoms with Gasteiger partial charge < -0.3 is 20.1 Å². The van der Waals surface area contributed by atoms with Gasteiger partial charge in [-0.15, -0.1) is 0 Å². The van der Waals surface area contributed by atoms with Gasteiger partial charge in [-0.25, -0.2) is 0 Å². The van der Waals surface area contributed by atoms with Crippen LogP contribution >= 0.6 is 11.6 Å². The minimum absolute atomic E-state index is 0.0321. The van der Waals surface area contributed by atoms with Gasteiger partial charge in [-0.2, -0.15) is 0 Å². The molecular formula is C27H27ClN2O5. The molecule has 0 saturated carbocycles. The molecule has 182 valence electrons. The van der Waals surface area contributed by atoms with Crippen molar-refractivity contribution >= 4 is 40.8 Å². The zero-order valence-electron chi connectivity index (χ0n) is 19.6. The molecular weight excluding hydrogens is 468 g/mol. The van der Waals surface area contributed by atoms with E-state index in [1.165, 1.54) is 5.56 Å². The number of aryl methyl sites for hydroxylation is 2. The number of esters is 1. The van der Waals surface area contributed by atoms with E-state index in [2.05, 4.69) is 10.6 Å². The van der Waals surface area contributed by atoms with Gasteiger partial charge in [-0.05, 0) is 92.1 Å². The zero-order chi connectivity index (χ0) is 25.2. The molecule has 7 nitrogen and oxygen atoms in total. The quantitative estimate of drug-likeness (QED) is 0.335. The SMILES string of the molecule is Cc1ccc(Oc2ccc(NC(=O)CCCC(=O)OCC(=O)Nc3ccc(Cl)cc3)cc2)cc1C. The molecule has 35 heavy (non-hydrogen) atoms. The lowest BCUT2D eigenvalue weighted by molar-refractivity contribution is -0.147. The maximum atomic E-state index is 12.2. The fourth-order valence-electron chi connectivity index (χ4n) is 3.09. The summed E-state index contributed by atoms with van der Waals surface area (Å²) in [5.74, 6) is 0.190. The molecule has 2 amide bonds. The highest BCUT2D eigenvalue weighted by atomic mass is 35.5. The number of benzene rings is 3. The van der Waals surface area contributed by atoms with E-state index in [-0.39, 0.29) is 18.7 Å². The van der Waals surface area contributed by atoms with Crippen LogP contribution in [0, 0.1) is 13.8 Å². The molecule has 0 aliphatic heterocycles. The number of halogens is 1. The van der Waals surface area contributed by atoms with Crippen LogP contribution in [0.15, 0.2) is 66.7 Å². The van der Waals surface area contributed by atoms with Gasteiger partial charge in [0.2, 0.25) is 5.91 Å². The fraction of sp³-hybridized carbons (Fsp3) is 0.222. The molecule has 0 heterocycles. The second-order valence-corrected chi connectivity index (χ2v) is 8.43. The van der Waals surface area contributed by atoms with Crippen molar-refractivity contribution in [1.82, 2.24) is 0 Å². The first-order chi connectivity index (χ1) is 16.8. The summed E-state index contributed by atoms with van der Waals surface area (Å²) < 4.78 is 10.8. The molecule has 0 bridgehead atoms. The molecule has 8 heteroatoms. The summed E-state index contributed by atoms with van der Waals surface area (Å²) in [5, 5.41) is 5.94. The number of hydrogen-bond acceptors (Lipinski definition) is 5. The fourth-order valence-corrected chi connectivity index (χ4v) is 3.21. The Bertz CT molecular complexity index is 1180. The maximum Gasteiger partial charge on any atom is 0.306 e. The first-order valence-corrected chi connectivity index (χ1v) is 11.5. The van der Waals surface area contributed by atoms with Crippen molar-refractivity contribution in [3.8, 4) is 11.5 Å². The second kappa shape index (κ2) is 12.6. The van der Waals surface area contributed by atoms with E-state index in [1.807, 2.05) is 32.0 Å². The van der Waals surface area contributed by atoms with Gasteiger partial charge in [0.25, 0.3) is 5.91 Å². The highest BCUT2D eigenvalue weighted by Gasteiger charge is 2.10. The Hall–Kier alpha value is -3.84. The largest absolute Gasteiger partial charge is 0.457 e. The van der Waals surface area contributed by atoms with Gasteiger partial charge in [0.1, 0.15) is 11.5 Å². The summed E-state index contributed by atoms with van der Waals surface area (Å²) in [6.07, 6.45) is 0.481. The predicted molar refractivity (Wildman–Crippen MR) is 136 cm³/mol. The Kier molecular flexibility index (Phi) is 9.26. The average Bonchev–Trinajstić information content (AvgIpc) is 2.83. The van der Waals surface area contributed by atoms with Gasteiger partial charge >= 0.3 is 5.97 Å². The van der Waals surface area contributed by atoms with Crippen LogP contribution in [-0.2, 0) is 19.1 Å². The minimum Gasteiger partial charge on any atom is -0.457 e. The molecule has 0 aliphatic carbocycles. The number of anilines is 2. The lowest BCUT2D eigenvalue weighted by atomic mass is 10.1. The highest BCUT2D eigenvalue weighted by Crippen LogP contribution is 2.25. The molecule has 0 fully saturated rings. The molecule has 0 spiro atoms. The van der Waals surface area contributed by atoms with Gasteiger partial charge in [-0.1, -0.05) is 17.7 Å². The van der Waals surface area contributed by atoms with Crippen molar-refractivity contribution in [2.75, 3.05) is 17.2 Å². The van der Waals surface area contributed by atoms with Crippen molar-refractivity contribution < 1.29 is 23.9 Å². The Morgan fingerprint density at radius 1 is 0.743 bits per heavy atom. The lowest BCUT2D eigenvalue weighted by Gasteiger charge is -2.10. The maximum absolute atomic E-state index is 12.2. The number of carbonyl (C=O) groups excluding carboxylic acids is 3. The third-order valence-corrected chi connectivity index (χ3v) is 5.38. The van der Waals surface area contributed by atoms with Crippen molar-refractivity contribution in [2.24, 2.45) is 0 Å². The molecule has 3 rings (SSSR count). The number of ether oxygens (including phenoxy) is 2. The smallest absolute Gasteiger partial charge is 0.306 e. The Morgan fingerprint density at radius 3 is 2.00 bits per heavy atom. The summed E-state index contributed by atoms with van der Waals surface area (Å²) in [5.41, 5.74) is 3.53. The number of nitrogens with one attached hydrogen (secondary N) is 2. The molecule has 0 aliphatic rings. The van der Waals surface area contributed by atoms with E-state index in [1.54, 1.807) is 48.5 Å². The van der Waals surface area contributed by atoms with Crippen LogP contribution in [0.2, 0.25) is 5.02 Å². The van der Waals surface area contributed by atoms with Crippen LogP contribution in [-0.4, -0.2) is 24.4 Å². The summed E-state index contributed by atoms with van der Waals surface area (Å²) in [6, 6.07) is 19.5. The number of rotatable bonds is 10. The molecule has 0 unspecified atom stereocenters. The second-order valence-electron chi connectivity index (χ2n) is 7.99. The monoisotopic (exact) mass is 494 g/mol. The normalized spacial score (nSPS) is 10.4. The van der Waals surface area contributed by atoms with Gasteiger partial charge in [0, 0.05) is 29.2 Å². The van der Waals surface area contributed by atoms with E-state index in [0.29, 0.717) is 28.6 Å². The number of amides is 2. The summed E-state index contributed by atoms with van der Waals surface area (Å²) in [7, 11) is 0. The van der Waals surface area contributed by atoms with Crippen LogP contribution in [0.25, 0.3) is 0 Å². The van der Waals surface area contributed by atoms with Crippen molar-refractivity contribution in [3.05, 3.63) is 82.9 Å². The number of hydrogen-bond donors (Lipinski definition) is 2. The molecule has 0 atom stereocenters. The van der Waals surface area contributed by atoms with E-state index in [9.17, 15) is 14.4 Å². The average molecular weight is 495 g/mol. The number of carbonyl (C=O) groups is 3. The van der Waals surface area contributed by atoms with Crippen LogP contribution in [0.3, 0.4) is 0 Å². The summed E-state index contributed by atoms with van der Waals surface area (Å²) in [4.78, 5) is 35.9. The highest BCUT2D eigenvalue weighted by molar-refractivity contribution is 6.30. The molecule has 3 aromatic rings. The van der Waals surface area contributed by atoms with E-state index in [4.69, 9.17) is 21.1 Å². The topological polar surface area (TPSA) is 93.7 Å². The van der Waals surface area contributed by atoms with Gasteiger partial charge in [-0.3, -0.25) is 14.4 Å². The third-order valence-electron chi connectivity index (χ3n) is 5.13. The van der Waals surface area contributed by atoms with Crippen LogP contribution in [0.5, 0.6) is 11.5 Å². The molecule has 0 radical (unpaired) electrons. The Labute approximate surface area is 209 Å². The van der Waals surface area contributed by atoms with Crippen molar-refractivity contribution in [1.29, 1.82) is 0 Å².